The molecule has 0 saturated heterocycles. The van der Waals surface area contributed by atoms with Gasteiger partial charge in [0.15, 0.2) is 0 Å². The highest BCUT2D eigenvalue weighted by Gasteiger charge is 2.07. The summed E-state index contributed by atoms with van der Waals surface area (Å²) < 4.78 is 0. The van der Waals surface area contributed by atoms with Crippen molar-refractivity contribution in [3.63, 3.8) is 0 Å². The molecule has 1 atom stereocenters. The van der Waals surface area contributed by atoms with Gasteiger partial charge in [-0.2, -0.15) is 0 Å². The zero-order valence-corrected chi connectivity index (χ0v) is 13.8. The van der Waals surface area contributed by atoms with Gasteiger partial charge in [-0.15, -0.1) is 11.6 Å². The lowest BCUT2D eigenvalue weighted by molar-refractivity contribution is 0.436. The fourth-order valence-corrected chi connectivity index (χ4v) is 2.79. The van der Waals surface area contributed by atoms with E-state index in [2.05, 4.69) is 45.9 Å². The molecule has 1 aromatic carbocycles. The number of hydrogen-bond acceptors (Lipinski definition) is 0. The van der Waals surface area contributed by atoms with E-state index in [-0.39, 0.29) is 0 Å². The maximum Gasteiger partial charge on any atom is 0.0476 e. The predicted octanol–water partition coefficient (Wildman–Crippen LogP) is 6.13. The van der Waals surface area contributed by atoms with Crippen LogP contribution >= 0.6 is 11.6 Å². The third-order valence-corrected chi connectivity index (χ3v) is 4.18. The molecule has 0 aliphatic carbocycles. The van der Waals surface area contributed by atoms with Crippen LogP contribution < -0.4 is 0 Å². The van der Waals surface area contributed by atoms with E-state index in [0.29, 0.717) is 5.88 Å². The van der Waals surface area contributed by atoms with Gasteiger partial charge in [-0.25, -0.2) is 0 Å². The number of aryl methyl sites for hydroxylation is 2. The lowest BCUT2D eigenvalue weighted by atomic mass is 9.92. The third kappa shape index (κ3) is 6.47. The number of benzene rings is 1. The zero-order chi connectivity index (χ0) is 14.3. The topological polar surface area (TPSA) is 0 Å². The van der Waals surface area contributed by atoms with E-state index >= 15 is 0 Å². The molecule has 0 heterocycles. The second kappa shape index (κ2) is 8.64. The normalized spacial score (nSPS) is 12.9. The summed E-state index contributed by atoms with van der Waals surface area (Å²) in [5, 5.41) is 0. The Morgan fingerprint density at radius 1 is 1.00 bits per heavy atom. The molecule has 0 aliphatic heterocycles. The Bertz CT molecular complexity index is 368. The molecule has 0 aliphatic rings. The molecule has 0 fully saturated rings. The maximum absolute atomic E-state index is 6.04. The minimum atomic E-state index is 0.638. The molecule has 0 N–H and O–H groups in total. The van der Waals surface area contributed by atoms with E-state index in [9.17, 15) is 0 Å². The first-order valence-electron chi connectivity index (χ1n) is 7.67. The molecule has 19 heavy (non-hydrogen) atoms. The second-order valence-electron chi connectivity index (χ2n) is 6.37. The van der Waals surface area contributed by atoms with Crippen LogP contribution in [0.3, 0.4) is 0 Å². The summed E-state index contributed by atoms with van der Waals surface area (Å²) in [5.74, 6) is 2.30. The summed E-state index contributed by atoms with van der Waals surface area (Å²) in [6.07, 6.45) is 6.55. The predicted molar refractivity (Wildman–Crippen MR) is 86.9 cm³/mol. The molecular weight excluding hydrogens is 252 g/mol. The van der Waals surface area contributed by atoms with Gasteiger partial charge >= 0.3 is 0 Å². The zero-order valence-electron chi connectivity index (χ0n) is 13.0. The van der Waals surface area contributed by atoms with Crippen LogP contribution in [0, 0.1) is 18.8 Å². The molecule has 0 nitrogen and oxygen atoms in total. The molecule has 1 aromatic rings. The molecule has 0 aromatic heterocycles. The van der Waals surface area contributed by atoms with Crippen molar-refractivity contribution < 1.29 is 0 Å². The van der Waals surface area contributed by atoms with Crippen molar-refractivity contribution in [2.45, 2.75) is 65.7 Å². The first-order valence-corrected chi connectivity index (χ1v) is 8.20. The van der Waals surface area contributed by atoms with E-state index in [1.54, 1.807) is 0 Å². The van der Waals surface area contributed by atoms with Crippen molar-refractivity contribution >= 4 is 11.6 Å². The number of halogens is 1. The monoisotopic (exact) mass is 280 g/mol. The Labute approximate surface area is 124 Å². The lowest BCUT2D eigenvalue weighted by Gasteiger charge is -2.14. The van der Waals surface area contributed by atoms with Crippen molar-refractivity contribution in [2.75, 3.05) is 0 Å². The van der Waals surface area contributed by atoms with Gasteiger partial charge in [-0.3, -0.25) is 0 Å². The molecule has 1 heteroatoms. The Morgan fingerprint density at radius 3 is 2.37 bits per heavy atom. The van der Waals surface area contributed by atoms with E-state index in [1.165, 1.54) is 48.8 Å². The highest BCUT2D eigenvalue weighted by atomic mass is 35.5. The van der Waals surface area contributed by atoms with Gasteiger partial charge in [-0.1, -0.05) is 63.8 Å². The Morgan fingerprint density at radius 2 is 1.74 bits per heavy atom. The first kappa shape index (κ1) is 16.6. The van der Waals surface area contributed by atoms with Crippen molar-refractivity contribution in [2.24, 2.45) is 11.8 Å². The summed E-state index contributed by atoms with van der Waals surface area (Å²) in [6, 6.07) is 6.69. The summed E-state index contributed by atoms with van der Waals surface area (Å²) in [4.78, 5) is 0. The second-order valence-corrected chi connectivity index (χ2v) is 6.64. The highest BCUT2D eigenvalue weighted by molar-refractivity contribution is 6.17. The highest BCUT2D eigenvalue weighted by Crippen LogP contribution is 2.21. The summed E-state index contributed by atoms with van der Waals surface area (Å²) in [6.45, 7) is 9.14. The van der Waals surface area contributed by atoms with Crippen LogP contribution in [0.5, 0.6) is 0 Å². The standard InChI is InChI=1S/C18H29Cl/c1-14(2)6-5-7-15(3)8-10-17-11-9-16(4)12-18(17)13-19/h9,11-12,14-15H,5-8,10,13H2,1-4H3. The van der Waals surface area contributed by atoms with Crippen LogP contribution in [-0.4, -0.2) is 0 Å². The number of rotatable bonds is 8. The molecule has 0 amide bonds. The van der Waals surface area contributed by atoms with Crippen molar-refractivity contribution in [1.29, 1.82) is 0 Å². The first-order chi connectivity index (χ1) is 9.02. The van der Waals surface area contributed by atoms with Crippen LogP contribution in [0.15, 0.2) is 18.2 Å². The molecular formula is C18H29Cl. The molecule has 0 bridgehead atoms. The average Bonchev–Trinajstić information content (AvgIpc) is 2.36. The number of alkyl halides is 1. The van der Waals surface area contributed by atoms with Crippen molar-refractivity contribution in [3.8, 4) is 0 Å². The largest absolute Gasteiger partial charge is 0.122 e. The maximum atomic E-state index is 6.04. The van der Waals surface area contributed by atoms with Crippen LogP contribution in [0.4, 0.5) is 0 Å². The van der Waals surface area contributed by atoms with Gasteiger partial charge in [0.05, 0.1) is 0 Å². The van der Waals surface area contributed by atoms with Crippen LogP contribution in [-0.2, 0) is 12.3 Å². The number of hydrogen-bond donors (Lipinski definition) is 0. The molecule has 108 valence electrons. The van der Waals surface area contributed by atoms with Gasteiger partial charge in [0.2, 0.25) is 0 Å². The molecule has 1 rings (SSSR count). The fourth-order valence-electron chi connectivity index (χ4n) is 2.54. The van der Waals surface area contributed by atoms with E-state index in [1.807, 2.05) is 0 Å². The molecule has 0 saturated carbocycles. The Balaban J connectivity index is 2.39. The van der Waals surface area contributed by atoms with E-state index in [0.717, 1.165) is 11.8 Å². The van der Waals surface area contributed by atoms with Crippen LogP contribution in [0.25, 0.3) is 0 Å². The van der Waals surface area contributed by atoms with Gasteiger partial charge in [-0.05, 0) is 42.7 Å². The fraction of sp³-hybridized carbons (Fsp3) is 0.667. The van der Waals surface area contributed by atoms with Crippen LogP contribution in [0.2, 0.25) is 0 Å². The summed E-state index contributed by atoms with van der Waals surface area (Å²) in [5.41, 5.74) is 4.07. The van der Waals surface area contributed by atoms with Crippen molar-refractivity contribution in [1.82, 2.24) is 0 Å². The van der Waals surface area contributed by atoms with Gasteiger partial charge in [0, 0.05) is 5.88 Å². The van der Waals surface area contributed by atoms with Gasteiger partial charge in [0.1, 0.15) is 0 Å². The SMILES string of the molecule is Cc1ccc(CCC(C)CCCC(C)C)c(CCl)c1. The Kier molecular flexibility index (Phi) is 7.53. The molecule has 0 spiro atoms. The van der Waals surface area contributed by atoms with Gasteiger partial charge in [0.25, 0.3) is 0 Å². The quantitative estimate of drug-likeness (QED) is 0.503. The summed E-state index contributed by atoms with van der Waals surface area (Å²) in [7, 11) is 0. The average molecular weight is 281 g/mol. The third-order valence-electron chi connectivity index (χ3n) is 3.89. The van der Waals surface area contributed by atoms with E-state index < -0.39 is 0 Å². The minimum Gasteiger partial charge on any atom is -0.122 e. The molecule has 0 radical (unpaired) electrons. The smallest absolute Gasteiger partial charge is 0.0476 e. The van der Waals surface area contributed by atoms with Crippen molar-refractivity contribution in [3.05, 3.63) is 34.9 Å². The van der Waals surface area contributed by atoms with Crippen LogP contribution in [0.1, 0.15) is 63.1 Å². The minimum absolute atomic E-state index is 0.638. The Hall–Kier alpha value is -0.490. The molecule has 1 unspecified atom stereocenters. The lowest BCUT2D eigenvalue weighted by Crippen LogP contribution is -2.01. The summed E-state index contributed by atoms with van der Waals surface area (Å²) >= 11 is 6.04. The van der Waals surface area contributed by atoms with E-state index in [4.69, 9.17) is 11.6 Å². The van der Waals surface area contributed by atoms with Gasteiger partial charge < -0.3 is 0 Å².